The van der Waals surface area contributed by atoms with Crippen molar-refractivity contribution in [2.75, 3.05) is 18.8 Å². The lowest BCUT2D eigenvalue weighted by Crippen LogP contribution is -1.90. The van der Waals surface area contributed by atoms with Crippen molar-refractivity contribution >= 4 is 20.8 Å². The van der Waals surface area contributed by atoms with Crippen LogP contribution in [0.3, 0.4) is 0 Å². The topological polar surface area (TPSA) is 9.23 Å². The number of hydrogen-bond acceptors (Lipinski definition) is 1. The standard InChI is InChI=1S/C3H8ClOP/c4-1-2-5-3-6/h1-3,6H2. The van der Waals surface area contributed by atoms with Gasteiger partial charge in [-0.05, 0) is 0 Å². The van der Waals surface area contributed by atoms with Crippen molar-refractivity contribution in [2.24, 2.45) is 0 Å². The van der Waals surface area contributed by atoms with Gasteiger partial charge in [0.15, 0.2) is 0 Å². The van der Waals surface area contributed by atoms with Crippen LogP contribution < -0.4 is 0 Å². The Morgan fingerprint density at radius 1 is 1.67 bits per heavy atom. The first-order chi connectivity index (χ1) is 2.91. The lowest BCUT2D eigenvalue weighted by molar-refractivity contribution is 0.201. The molecule has 0 aromatic rings. The normalized spacial score (nSPS) is 9.00. The van der Waals surface area contributed by atoms with Crippen LogP contribution in [-0.4, -0.2) is 18.8 Å². The summed E-state index contributed by atoms with van der Waals surface area (Å²) in [6, 6.07) is 0. The molecule has 0 bridgehead atoms. The molecule has 0 aliphatic heterocycles. The van der Waals surface area contributed by atoms with E-state index in [1.807, 2.05) is 0 Å². The van der Waals surface area contributed by atoms with Gasteiger partial charge in [-0.15, -0.1) is 20.8 Å². The number of halogens is 1. The first-order valence-corrected chi connectivity index (χ1v) is 3.10. The molecule has 0 amide bonds. The SMILES string of the molecule is PCOCCCl. The van der Waals surface area contributed by atoms with E-state index in [2.05, 4.69) is 9.24 Å². The summed E-state index contributed by atoms with van der Waals surface area (Å²) in [5.74, 6) is 0.592. The summed E-state index contributed by atoms with van der Waals surface area (Å²) in [5.41, 5.74) is 0. The van der Waals surface area contributed by atoms with E-state index in [-0.39, 0.29) is 0 Å². The van der Waals surface area contributed by atoms with E-state index in [4.69, 9.17) is 16.3 Å². The second kappa shape index (κ2) is 5.68. The summed E-state index contributed by atoms with van der Waals surface area (Å²) in [6.45, 7) is 0.658. The maximum Gasteiger partial charge on any atom is 0.0606 e. The predicted molar refractivity (Wildman–Crippen MR) is 31.2 cm³/mol. The lowest BCUT2D eigenvalue weighted by atomic mass is 10.9. The molecule has 0 heterocycles. The van der Waals surface area contributed by atoms with E-state index < -0.39 is 0 Å². The minimum atomic E-state index is 0.592. The minimum Gasteiger partial charge on any atom is -0.376 e. The van der Waals surface area contributed by atoms with Gasteiger partial charge < -0.3 is 4.74 Å². The Labute approximate surface area is 45.2 Å². The highest BCUT2D eigenvalue weighted by Crippen LogP contribution is 1.82. The molecule has 1 atom stereocenters. The van der Waals surface area contributed by atoms with Gasteiger partial charge >= 0.3 is 0 Å². The molecule has 6 heavy (non-hydrogen) atoms. The zero-order valence-corrected chi connectivity index (χ0v) is 5.40. The Balaban J connectivity index is 2.34. The zero-order chi connectivity index (χ0) is 4.83. The summed E-state index contributed by atoms with van der Waals surface area (Å²) < 4.78 is 4.81. The quantitative estimate of drug-likeness (QED) is 0.312. The van der Waals surface area contributed by atoms with Gasteiger partial charge in [-0.1, -0.05) is 0 Å². The molecule has 0 spiro atoms. The Kier molecular flexibility index (Phi) is 6.32. The first-order valence-electron chi connectivity index (χ1n) is 1.75. The molecule has 1 nitrogen and oxygen atoms in total. The molecule has 0 fully saturated rings. The van der Waals surface area contributed by atoms with Gasteiger partial charge in [-0.2, -0.15) is 0 Å². The molecular formula is C3H8ClOP. The van der Waals surface area contributed by atoms with Gasteiger partial charge in [0.25, 0.3) is 0 Å². The summed E-state index contributed by atoms with van der Waals surface area (Å²) in [6.07, 6.45) is 0.687. The van der Waals surface area contributed by atoms with Crippen molar-refractivity contribution in [2.45, 2.75) is 0 Å². The minimum absolute atomic E-state index is 0.592. The molecule has 0 aromatic carbocycles. The monoisotopic (exact) mass is 126 g/mol. The van der Waals surface area contributed by atoms with E-state index in [1.165, 1.54) is 0 Å². The van der Waals surface area contributed by atoms with Crippen LogP contribution >= 0.6 is 20.8 Å². The predicted octanol–water partition coefficient (Wildman–Crippen LogP) is 1.07. The molecule has 38 valence electrons. The van der Waals surface area contributed by atoms with Gasteiger partial charge in [-0.25, -0.2) is 0 Å². The molecule has 1 unspecified atom stereocenters. The van der Waals surface area contributed by atoms with Gasteiger partial charge in [0.1, 0.15) is 0 Å². The van der Waals surface area contributed by atoms with Crippen molar-refractivity contribution in [1.29, 1.82) is 0 Å². The maximum atomic E-state index is 5.25. The lowest BCUT2D eigenvalue weighted by Gasteiger charge is -1.90. The van der Waals surface area contributed by atoms with Gasteiger partial charge in [0.05, 0.1) is 13.0 Å². The van der Waals surface area contributed by atoms with Crippen LogP contribution in [0.15, 0.2) is 0 Å². The van der Waals surface area contributed by atoms with E-state index in [0.717, 1.165) is 0 Å². The summed E-state index contributed by atoms with van der Waals surface area (Å²) in [4.78, 5) is 0. The van der Waals surface area contributed by atoms with Crippen molar-refractivity contribution < 1.29 is 4.74 Å². The second-order valence-corrected chi connectivity index (χ2v) is 1.48. The third-order valence-corrected chi connectivity index (χ3v) is 0.729. The fourth-order valence-corrected chi connectivity index (χ4v) is 0.414. The highest BCUT2D eigenvalue weighted by molar-refractivity contribution is 7.16. The highest BCUT2D eigenvalue weighted by atomic mass is 35.5. The largest absolute Gasteiger partial charge is 0.376 e. The molecule has 0 saturated carbocycles. The average Bonchev–Trinajstić information content (AvgIpc) is 1.61. The summed E-state index contributed by atoms with van der Waals surface area (Å²) in [7, 11) is 2.45. The Bertz CT molecular complexity index is 22.8. The van der Waals surface area contributed by atoms with E-state index in [0.29, 0.717) is 18.8 Å². The van der Waals surface area contributed by atoms with Gasteiger partial charge in [-0.3, -0.25) is 0 Å². The van der Waals surface area contributed by atoms with Crippen LogP contribution in [0.2, 0.25) is 0 Å². The number of alkyl halides is 1. The van der Waals surface area contributed by atoms with Crippen LogP contribution in [0.25, 0.3) is 0 Å². The van der Waals surface area contributed by atoms with Gasteiger partial charge in [0, 0.05) is 5.88 Å². The fraction of sp³-hybridized carbons (Fsp3) is 1.00. The fourth-order valence-electron chi connectivity index (χ4n) is 0.138. The van der Waals surface area contributed by atoms with Crippen LogP contribution in [0.1, 0.15) is 0 Å². The molecule has 0 saturated heterocycles. The Hall–Kier alpha value is 0.680. The molecular weight excluding hydrogens is 118 g/mol. The van der Waals surface area contributed by atoms with Crippen molar-refractivity contribution in [3.05, 3.63) is 0 Å². The van der Waals surface area contributed by atoms with E-state index in [1.54, 1.807) is 0 Å². The first kappa shape index (κ1) is 6.68. The molecule has 0 radical (unpaired) electrons. The molecule has 0 aromatic heterocycles. The average molecular weight is 127 g/mol. The number of ether oxygens (including phenoxy) is 1. The summed E-state index contributed by atoms with van der Waals surface area (Å²) in [5, 5.41) is 0. The van der Waals surface area contributed by atoms with Gasteiger partial charge in [0.2, 0.25) is 0 Å². The van der Waals surface area contributed by atoms with Crippen LogP contribution in [-0.2, 0) is 4.74 Å². The smallest absolute Gasteiger partial charge is 0.0606 e. The second-order valence-electron chi connectivity index (χ2n) is 0.764. The zero-order valence-electron chi connectivity index (χ0n) is 3.48. The number of rotatable bonds is 3. The number of hydrogen-bond donors (Lipinski definition) is 0. The highest BCUT2D eigenvalue weighted by Gasteiger charge is 1.74. The van der Waals surface area contributed by atoms with Crippen LogP contribution in [0.4, 0.5) is 0 Å². The van der Waals surface area contributed by atoms with Crippen LogP contribution in [0, 0.1) is 0 Å². The molecule has 3 heteroatoms. The third kappa shape index (κ3) is 4.68. The van der Waals surface area contributed by atoms with E-state index >= 15 is 0 Å². The molecule has 0 aliphatic rings. The summed E-state index contributed by atoms with van der Waals surface area (Å²) >= 11 is 5.25. The van der Waals surface area contributed by atoms with Crippen LogP contribution in [0.5, 0.6) is 0 Å². The van der Waals surface area contributed by atoms with E-state index in [9.17, 15) is 0 Å². The molecule has 0 aliphatic carbocycles. The Morgan fingerprint density at radius 3 is 2.50 bits per heavy atom. The molecule has 0 rings (SSSR count). The maximum absolute atomic E-state index is 5.25. The molecule has 0 N–H and O–H groups in total. The third-order valence-electron chi connectivity index (χ3n) is 0.339. The van der Waals surface area contributed by atoms with Crippen molar-refractivity contribution in [1.82, 2.24) is 0 Å². The Morgan fingerprint density at radius 2 is 2.33 bits per heavy atom. The van der Waals surface area contributed by atoms with Crippen molar-refractivity contribution in [3.8, 4) is 0 Å². The van der Waals surface area contributed by atoms with Crippen molar-refractivity contribution in [3.63, 3.8) is 0 Å².